The van der Waals surface area contributed by atoms with Crippen molar-refractivity contribution in [3.05, 3.63) is 53.8 Å². The highest BCUT2D eigenvalue weighted by atomic mass is 35.5. The highest BCUT2D eigenvalue weighted by Crippen LogP contribution is 2.14. The van der Waals surface area contributed by atoms with Gasteiger partial charge in [-0.05, 0) is 12.1 Å². The molecule has 0 atom stereocenters. The van der Waals surface area contributed by atoms with Crippen LogP contribution >= 0.6 is 11.6 Å². The first-order valence-corrected chi connectivity index (χ1v) is 5.82. The van der Waals surface area contributed by atoms with Crippen LogP contribution in [-0.2, 0) is 0 Å². The maximum absolute atomic E-state index is 12.1. The number of carbonyl (C=O) groups is 1. The number of hydrogen-bond acceptors (Lipinski definition) is 4. The van der Waals surface area contributed by atoms with E-state index in [-0.39, 0.29) is 5.91 Å². The summed E-state index contributed by atoms with van der Waals surface area (Å²) in [5.41, 5.74) is 1.66. The van der Waals surface area contributed by atoms with Crippen molar-refractivity contribution in [2.45, 2.75) is 0 Å². The molecule has 0 aromatic carbocycles. The lowest BCUT2D eigenvalue weighted by molar-refractivity contribution is 0.102. The second-order valence-electron chi connectivity index (χ2n) is 3.79. The van der Waals surface area contributed by atoms with Gasteiger partial charge >= 0.3 is 0 Å². The van der Waals surface area contributed by atoms with E-state index in [9.17, 15) is 4.79 Å². The second-order valence-corrected chi connectivity index (χ2v) is 4.18. The average Bonchev–Trinajstić information content (AvgIpc) is 2.85. The van der Waals surface area contributed by atoms with Gasteiger partial charge in [0.05, 0.1) is 35.4 Å². The lowest BCUT2D eigenvalue weighted by Crippen LogP contribution is -2.11. The van der Waals surface area contributed by atoms with Crippen LogP contribution in [0.1, 0.15) is 10.4 Å². The molecule has 0 aliphatic rings. The van der Waals surface area contributed by atoms with Crippen molar-refractivity contribution in [1.29, 1.82) is 0 Å². The topological polar surface area (TPSA) is 72.2 Å². The quantitative estimate of drug-likeness (QED) is 0.725. The molecule has 0 spiro atoms. The largest absolute Gasteiger partial charge is 0.320 e. The highest BCUT2D eigenvalue weighted by molar-refractivity contribution is 6.29. The molecule has 0 radical (unpaired) electrons. The van der Waals surface area contributed by atoms with Gasteiger partial charge in [-0.25, -0.2) is 9.50 Å². The minimum absolute atomic E-state index is 0.271. The number of halogens is 1. The molecule has 3 aromatic heterocycles. The van der Waals surface area contributed by atoms with Gasteiger partial charge in [0.25, 0.3) is 5.91 Å². The molecule has 0 bridgehead atoms. The van der Waals surface area contributed by atoms with Crippen LogP contribution in [0, 0.1) is 0 Å². The molecule has 0 aliphatic carbocycles. The third kappa shape index (κ3) is 2.25. The Bertz CT molecular complexity index is 737. The van der Waals surface area contributed by atoms with Crippen LogP contribution < -0.4 is 5.32 Å². The summed E-state index contributed by atoms with van der Waals surface area (Å²) in [6, 6.07) is 3.28. The molecular weight excluding hydrogens is 266 g/mol. The van der Waals surface area contributed by atoms with Crippen molar-refractivity contribution in [1.82, 2.24) is 19.6 Å². The molecule has 6 nitrogen and oxygen atoms in total. The summed E-state index contributed by atoms with van der Waals surface area (Å²) in [4.78, 5) is 20.0. The van der Waals surface area contributed by atoms with Gasteiger partial charge < -0.3 is 5.32 Å². The lowest BCUT2D eigenvalue weighted by atomic mass is 10.2. The van der Waals surface area contributed by atoms with Gasteiger partial charge in [0.2, 0.25) is 0 Å². The first-order valence-electron chi connectivity index (χ1n) is 5.44. The predicted octanol–water partition coefficient (Wildman–Crippen LogP) is 2.03. The number of anilines is 1. The van der Waals surface area contributed by atoms with Crippen LogP contribution in [0.5, 0.6) is 0 Å². The molecule has 1 amide bonds. The number of pyridine rings is 1. The first kappa shape index (κ1) is 11.6. The molecule has 1 N–H and O–H groups in total. The third-order valence-electron chi connectivity index (χ3n) is 2.55. The Morgan fingerprint density at radius 3 is 2.95 bits per heavy atom. The smallest absolute Gasteiger partial charge is 0.259 e. The fourth-order valence-electron chi connectivity index (χ4n) is 1.66. The van der Waals surface area contributed by atoms with E-state index in [1.807, 2.05) is 0 Å². The van der Waals surface area contributed by atoms with Gasteiger partial charge in [-0.15, -0.1) is 0 Å². The zero-order valence-corrected chi connectivity index (χ0v) is 10.4. The molecule has 7 heteroatoms. The molecule has 3 aromatic rings. The van der Waals surface area contributed by atoms with Gasteiger partial charge in [-0.1, -0.05) is 11.6 Å². The van der Waals surface area contributed by atoms with Crippen LogP contribution in [0.2, 0.25) is 5.15 Å². The van der Waals surface area contributed by atoms with E-state index in [0.717, 1.165) is 0 Å². The van der Waals surface area contributed by atoms with Crippen molar-refractivity contribution in [3.63, 3.8) is 0 Å². The summed E-state index contributed by atoms with van der Waals surface area (Å²) >= 11 is 5.68. The molecule has 0 saturated heterocycles. The van der Waals surface area contributed by atoms with E-state index in [2.05, 4.69) is 20.4 Å². The van der Waals surface area contributed by atoms with Crippen LogP contribution in [0.3, 0.4) is 0 Å². The van der Waals surface area contributed by atoms with Crippen molar-refractivity contribution >= 4 is 28.7 Å². The summed E-state index contributed by atoms with van der Waals surface area (Å²) in [7, 11) is 0. The zero-order chi connectivity index (χ0) is 13.2. The number of aromatic nitrogens is 4. The van der Waals surface area contributed by atoms with Gasteiger partial charge in [0.15, 0.2) is 0 Å². The fraction of sp³-hybridized carbons (Fsp3) is 0. The number of rotatable bonds is 2. The number of nitrogens with zero attached hydrogens (tertiary/aromatic N) is 4. The van der Waals surface area contributed by atoms with Crippen LogP contribution in [0.25, 0.3) is 5.52 Å². The Labute approximate surface area is 113 Å². The standard InChI is InChI=1S/C12H8ClN5O/c13-11-2-1-8(5-15-11)17-12(19)9-6-16-18-4-3-14-7-10(9)18/h1-7H,(H,17,19). The zero-order valence-electron chi connectivity index (χ0n) is 9.62. The number of fused-ring (bicyclic) bond motifs is 1. The second kappa shape index (κ2) is 4.66. The predicted molar refractivity (Wildman–Crippen MR) is 70.2 cm³/mol. The Morgan fingerprint density at radius 1 is 1.26 bits per heavy atom. The summed E-state index contributed by atoms with van der Waals surface area (Å²) in [6.45, 7) is 0. The Hall–Kier alpha value is -2.47. The number of carbonyl (C=O) groups excluding carboxylic acids is 1. The van der Waals surface area contributed by atoms with Crippen LogP contribution in [0.15, 0.2) is 43.1 Å². The van der Waals surface area contributed by atoms with Crippen LogP contribution in [0.4, 0.5) is 5.69 Å². The van der Waals surface area contributed by atoms with E-state index in [1.165, 1.54) is 12.4 Å². The lowest BCUT2D eigenvalue weighted by Gasteiger charge is -2.03. The summed E-state index contributed by atoms with van der Waals surface area (Å²) in [5.74, 6) is -0.271. The average molecular weight is 274 g/mol. The molecule has 3 heterocycles. The van der Waals surface area contributed by atoms with E-state index >= 15 is 0 Å². The minimum atomic E-state index is -0.271. The van der Waals surface area contributed by atoms with E-state index in [1.54, 1.807) is 35.2 Å². The maximum Gasteiger partial charge on any atom is 0.259 e. The summed E-state index contributed by atoms with van der Waals surface area (Å²) < 4.78 is 1.59. The fourth-order valence-corrected chi connectivity index (χ4v) is 1.77. The normalized spacial score (nSPS) is 10.6. The van der Waals surface area contributed by atoms with E-state index in [4.69, 9.17) is 11.6 Å². The minimum Gasteiger partial charge on any atom is -0.320 e. The van der Waals surface area contributed by atoms with Crippen LogP contribution in [-0.4, -0.2) is 25.5 Å². The monoisotopic (exact) mass is 273 g/mol. The molecule has 0 fully saturated rings. The van der Waals surface area contributed by atoms with Gasteiger partial charge in [-0.2, -0.15) is 5.10 Å². The van der Waals surface area contributed by atoms with Crippen molar-refractivity contribution < 1.29 is 4.79 Å². The Balaban J connectivity index is 1.90. The molecule has 0 unspecified atom stereocenters. The molecule has 3 rings (SSSR count). The number of nitrogens with one attached hydrogen (secondary N) is 1. The Morgan fingerprint density at radius 2 is 2.16 bits per heavy atom. The van der Waals surface area contributed by atoms with Gasteiger partial charge in [-0.3, -0.25) is 9.78 Å². The Kier molecular flexibility index (Phi) is 2.85. The van der Waals surface area contributed by atoms with E-state index in [0.29, 0.717) is 21.9 Å². The molecule has 19 heavy (non-hydrogen) atoms. The van der Waals surface area contributed by atoms with Crippen molar-refractivity contribution in [2.75, 3.05) is 5.32 Å². The van der Waals surface area contributed by atoms with E-state index < -0.39 is 0 Å². The number of hydrogen-bond donors (Lipinski definition) is 1. The molecular formula is C12H8ClN5O. The van der Waals surface area contributed by atoms with Crippen molar-refractivity contribution in [2.24, 2.45) is 0 Å². The molecule has 94 valence electrons. The maximum atomic E-state index is 12.1. The van der Waals surface area contributed by atoms with Gasteiger partial charge in [0.1, 0.15) is 5.15 Å². The molecule has 0 aliphatic heterocycles. The SMILES string of the molecule is O=C(Nc1ccc(Cl)nc1)c1cnn2ccncc12. The summed E-state index contributed by atoms with van der Waals surface area (Å²) in [5, 5.41) is 7.17. The first-order chi connectivity index (χ1) is 9.24. The molecule has 0 saturated carbocycles. The summed E-state index contributed by atoms with van der Waals surface area (Å²) in [6.07, 6.45) is 7.85. The van der Waals surface area contributed by atoms with Crippen molar-refractivity contribution in [3.8, 4) is 0 Å². The number of amides is 1. The highest BCUT2D eigenvalue weighted by Gasteiger charge is 2.12. The third-order valence-corrected chi connectivity index (χ3v) is 2.78. The van der Waals surface area contributed by atoms with Gasteiger partial charge in [0, 0.05) is 12.4 Å².